The first-order valence-corrected chi connectivity index (χ1v) is 7.55. The van der Waals surface area contributed by atoms with Gasteiger partial charge in [-0.15, -0.1) is 0 Å². The van der Waals surface area contributed by atoms with Gasteiger partial charge in [-0.1, -0.05) is 30.2 Å². The van der Waals surface area contributed by atoms with Gasteiger partial charge in [0.05, 0.1) is 5.60 Å². The second-order valence-corrected chi connectivity index (χ2v) is 6.93. The maximum Gasteiger partial charge on any atom is 0.0930 e. The van der Waals surface area contributed by atoms with Gasteiger partial charge in [0, 0.05) is 5.02 Å². The lowest BCUT2D eigenvalue weighted by Gasteiger charge is -2.39. The maximum absolute atomic E-state index is 11.1. The van der Waals surface area contributed by atoms with E-state index in [2.05, 4.69) is 0 Å². The molecular formula is C16H19ClO. The molecule has 2 bridgehead atoms. The minimum atomic E-state index is -0.569. The molecule has 5 atom stereocenters. The Morgan fingerprint density at radius 3 is 2.61 bits per heavy atom. The molecule has 0 heterocycles. The van der Waals surface area contributed by atoms with Gasteiger partial charge in [-0.2, -0.15) is 0 Å². The second kappa shape index (κ2) is 3.74. The molecule has 0 spiro atoms. The molecule has 0 aliphatic heterocycles. The summed E-state index contributed by atoms with van der Waals surface area (Å²) in [6.45, 7) is 0. The third kappa shape index (κ3) is 1.38. The fourth-order valence-corrected chi connectivity index (χ4v) is 5.31. The molecule has 18 heavy (non-hydrogen) atoms. The summed E-state index contributed by atoms with van der Waals surface area (Å²) in [7, 11) is 0. The molecule has 3 aliphatic rings. The average molecular weight is 263 g/mol. The number of benzene rings is 1. The van der Waals surface area contributed by atoms with Crippen LogP contribution in [0, 0.1) is 23.7 Å². The van der Waals surface area contributed by atoms with Gasteiger partial charge in [0.1, 0.15) is 0 Å². The molecule has 3 fully saturated rings. The van der Waals surface area contributed by atoms with Gasteiger partial charge in [-0.25, -0.2) is 0 Å². The molecule has 0 amide bonds. The summed E-state index contributed by atoms with van der Waals surface area (Å²) in [5.74, 6) is 2.96. The van der Waals surface area contributed by atoms with Crippen molar-refractivity contribution in [3.05, 3.63) is 34.9 Å². The van der Waals surface area contributed by atoms with Crippen molar-refractivity contribution in [3.8, 4) is 0 Å². The summed E-state index contributed by atoms with van der Waals surface area (Å²) < 4.78 is 0. The minimum Gasteiger partial charge on any atom is -0.385 e. The highest BCUT2D eigenvalue weighted by molar-refractivity contribution is 6.30. The van der Waals surface area contributed by atoms with E-state index in [1.165, 1.54) is 25.7 Å². The van der Waals surface area contributed by atoms with E-state index in [-0.39, 0.29) is 0 Å². The van der Waals surface area contributed by atoms with Gasteiger partial charge < -0.3 is 5.11 Å². The zero-order valence-electron chi connectivity index (χ0n) is 10.5. The monoisotopic (exact) mass is 262 g/mol. The fraction of sp³-hybridized carbons (Fsp3) is 0.625. The summed E-state index contributed by atoms with van der Waals surface area (Å²) in [6, 6.07) is 7.86. The van der Waals surface area contributed by atoms with Gasteiger partial charge in [-0.3, -0.25) is 0 Å². The van der Waals surface area contributed by atoms with Crippen molar-refractivity contribution in [2.45, 2.75) is 37.7 Å². The van der Waals surface area contributed by atoms with Crippen LogP contribution in [0.1, 0.15) is 37.7 Å². The van der Waals surface area contributed by atoms with Crippen LogP contribution in [0.4, 0.5) is 0 Å². The third-order valence-corrected chi connectivity index (χ3v) is 6.09. The summed E-state index contributed by atoms with van der Waals surface area (Å²) in [5, 5.41) is 11.9. The number of rotatable bonds is 1. The Morgan fingerprint density at radius 1 is 1.11 bits per heavy atom. The summed E-state index contributed by atoms with van der Waals surface area (Å²) in [5.41, 5.74) is 0.519. The van der Waals surface area contributed by atoms with Crippen LogP contribution in [-0.2, 0) is 5.60 Å². The van der Waals surface area contributed by atoms with E-state index in [0.29, 0.717) is 5.92 Å². The third-order valence-electron chi connectivity index (χ3n) is 5.83. The van der Waals surface area contributed by atoms with Gasteiger partial charge in [0.25, 0.3) is 0 Å². The Kier molecular flexibility index (Phi) is 2.35. The minimum absolute atomic E-state index is 0.496. The van der Waals surface area contributed by atoms with Gasteiger partial charge in [-0.05, 0) is 67.1 Å². The molecule has 1 aromatic carbocycles. The van der Waals surface area contributed by atoms with Crippen LogP contribution in [0.2, 0.25) is 5.02 Å². The van der Waals surface area contributed by atoms with Crippen LogP contribution in [-0.4, -0.2) is 5.11 Å². The Morgan fingerprint density at radius 2 is 1.83 bits per heavy atom. The van der Waals surface area contributed by atoms with Crippen LogP contribution in [0.5, 0.6) is 0 Å². The molecule has 5 unspecified atom stereocenters. The van der Waals surface area contributed by atoms with Crippen molar-refractivity contribution in [2.24, 2.45) is 23.7 Å². The van der Waals surface area contributed by atoms with Gasteiger partial charge >= 0.3 is 0 Å². The van der Waals surface area contributed by atoms with Crippen molar-refractivity contribution in [2.75, 3.05) is 0 Å². The van der Waals surface area contributed by atoms with E-state index in [0.717, 1.165) is 34.8 Å². The Labute approximate surface area is 113 Å². The van der Waals surface area contributed by atoms with Crippen molar-refractivity contribution in [1.29, 1.82) is 0 Å². The Bertz CT molecular complexity index is 468. The lowest BCUT2D eigenvalue weighted by Crippen LogP contribution is -2.38. The van der Waals surface area contributed by atoms with E-state index in [1.54, 1.807) is 0 Å². The van der Waals surface area contributed by atoms with E-state index in [9.17, 15) is 5.11 Å². The predicted octanol–water partition coefficient (Wildman–Crippen LogP) is 3.98. The number of halogens is 1. The zero-order chi connectivity index (χ0) is 12.3. The largest absolute Gasteiger partial charge is 0.385 e. The zero-order valence-corrected chi connectivity index (χ0v) is 11.2. The standard InChI is InChI=1S/C16H19ClO/c17-12-6-4-11(5-7-12)16(18)9-10-8-15(16)14-3-1-2-13(10)14/h4-7,10,13-15,18H,1-3,8-9H2. The van der Waals surface area contributed by atoms with Crippen LogP contribution < -0.4 is 0 Å². The van der Waals surface area contributed by atoms with E-state index >= 15 is 0 Å². The van der Waals surface area contributed by atoms with E-state index in [1.807, 2.05) is 24.3 Å². The molecule has 2 heteroatoms. The molecule has 0 aromatic heterocycles. The van der Waals surface area contributed by atoms with Crippen LogP contribution in [0.15, 0.2) is 24.3 Å². The number of hydrogen-bond acceptors (Lipinski definition) is 1. The lowest BCUT2D eigenvalue weighted by molar-refractivity contribution is -0.0512. The van der Waals surface area contributed by atoms with Crippen LogP contribution in [0.3, 0.4) is 0 Å². The highest BCUT2D eigenvalue weighted by Gasteiger charge is 2.60. The lowest BCUT2D eigenvalue weighted by atomic mass is 9.70. The first-order valence-electron chi connectivity index (χ1n) is 7.17. The van der Waals surface area contributed by atoms with Crippen molar-refractivity contribution < 1.29 is 5.11 Å². The molecule has 4 rings (SSSR count). The SMILES string of the molecule is OC1(c2ccc(Cl)cc2)CC2CC1C1CCCC21. The highest BCUT2D eigenvalue weighted by Crippen LogP contribution is 2.65. The molecule has 1 aromatic rings. The Hall–Kier alpha value is -0.530. The van der Waals surface area contributed by atoms with Crippen molar-refractivity contribution in [1.82, 2.24) is 0 Å². The van der Waals surface area contributed by atoms with Crippen molar-refractivity contribution in [3.63, 3.8) is 0 Å². The van der Waals surface area contributed by atoms with E-state index < -0.39 is 5.60 Å². The fourth-order valence-electron chi connectivity index (χ4n) is 5.18. The van der Waals surface area contributed by atoms with E-state index in [4.69, 9.17) is 11.6 Å². The Balaban J connectivity index is 1.71. The quantitative estimate of drug-likeness (QED) is 0.812. The summed E-state index contributed by atoms with van der Waals surface area (Å²) in [6.07, 6.45) is 6.33. The van der Waals surface area contributed by atoms with Gasteiger partial charge in [0.15, 0.2) is 0 Å². The molecule has 1 nitrogen and oxygen atoms in total. The highest BCUT2D eigenvalue weighted by atomic mass is 35.5. The molecular weight excluding hydrogens is 244 g/mol. The molecule has 96 valence electrons. The normalized spacial score (nSPS) is 45.4. The molecule has 1 N–H and O–H groups in total. The predicted molar refractivity (Wildman–Crippen MR) is 72.4 cm³/mol. The number of fused-ring (bicyclic) bond motifs is 5. The topological polar surface area (TPSA) is 20.2 Å². The number of aliphatic hydroxyl groups is 1. The summed E-state index contributed by atoms with van der Waals surface area (Å²) >= 11 is 5.95. The second-order valence-electron chi connectivity index (χ2n) is 6.50. The smallest absolute Gasteiger partial charge is 0.0930 e. The molecule has 3 saturated carbocycles. The first-order chi connectivity index (χ1) is 8.68. The first kappa shape index (κ1) is 11.3. The molecule has 0 saturated heterocycles. The van der Waals surface area contributed by atoms with Gasteiger partial charge in [0.2, 0.25) is 0 Å². The average Bonchev–Trinajstić information content (AvgIpc) is 3.00. The summed E-state index contributed by atoms with van der Waals surface area (Å²) in [4.78, 5) is 0. The van der Waals surface area contributed by atoms with Crippen LogP contribution in [0.25, 0.3) is 0 Å². The maximum atomic E-state index is 11.1. The number of hydrogen-bond donors (Lipinski definition) is 1. The molecule has 3 aliphatic carbocycles. The van der Waals surface area contributed by atoms with Crippen LogP contribution >= 0.6 is 11.6 Å². The molecule has 0 radical (unpaired) electrons. The van der Waals surface area contributed by atoms with Crippen molar-refractivity contribution >= 4 is 11.6 Å².